The van der Waals surface area contributed by atoms with Gasteiger partial charge in [-0.1, -0.05) is 69.2 Å². The molecule has 1 aliphatic carbocycles. The quantitative estimate of drug-likeness (QED) is 0.376. The molecule has 0 saturated heterocycles. The second-order valence-corrected chi connectivity index (χ2v) is 12.1. The van der Waals surface area contributed by atoms with Crippen molar-refractivity contribution in [2.45, 2.75) is 83.7 Å². The summed E-state index contributed by atoms with van der Waals surface area (Å²) in [6.07, 6.45) is 7.99. The number of benzene rings is 2. The lowest BCUT2D eigenvalue weighted by molar-refractivity contribution is -0.141. The van der Waals surface area contributed by atoms with Gasteiger partial charge in [0.1, 0.15) is 6.04 Å². The molecule has 7 nitrogen and oxygen atoms in total. The van der Waals surface area contributed by atoms with E-state index in [9.17, 15) is 18.0 Å². The second kappa shape index (κ2) is 14.3. The lowest BCUT2D eigenvalue weighted by atomic mass is 10.1. The van der Waals surface area contributed by atoms with Crippen molar-refractivity contribution in [3.63, 3.8) is 0 Å². The van der Waals surface area contributed by atoms with Gasteiger partial charge in [-0.2, -0.15) is 0 Å². The highest BCUT2D eigenvalue weighted by molar-refractivity contribution is 7.92. The molecule has 1 fully saturated rings. The maximum Gasteiger partial charge on any atom is 0.243 e. The summed E-state index contributed by atoms with van der Waals surface area (Å²) in [5.41, 5.74) is 2.84. The number of sulfonamides is 1. The largest absolute Gasteiger partial charge is 0.352 e. The minimum atomic E-state index is -3.51. The number of carbonyl (C=O) groups excluding carboxylic acids is 2. The lowest BCUT2D eigenvalue weighted by Gasteiger charge is -2.32. The van der Waals surface area contributed by atoms with Gasteiger partial charge in [0.25, 0.3) is 0 Å². The van der Waals surface area contributed by atoms with E-state index in [1.54, 1.807) is 4.90 Å². The Morgan fingerprint density at radius 1 is 0.947 bits per heavy atom. The zero-order chi connectivity index (χ0) is 27.5. The van der Waals surface area contributed by atoms with Crippen molar-refractivity contribution in [2.75, 3.05) is 23.7 Å². The molecule has 0 spiro atoms. The molecular weight excluding hydrogens is 498 g/mol. The zero-order valence-electron chi connectivity index (χ0n) is 23.1. The molecule has 0 bridgehead atoms. The van der Waals surface area contributed by atoms with Crippen LogP contribution in [0.3, 0.4) is 0 Å². The monoisotopic (exact) mass is 541 g/mol. The first-order valence-electron chi connectivity index (χ1n) is 13.9. The molecule has 2 amide bonds. The second-order valence-electron chi connectivity index (χ2n) is 10.2. The van der Waals surface area contributed by atoms with Crippen LogP contribution in [0.15, 0.2) is 54.6 Å². The third-order valence-corrected chi connectivity index (χ3v) is 8.55. The van der Waals surface area contributed by atoms with E-state index in [1.165, 1.54) is 10.6 Å². The van der Waals surface area contributed by atoms with Crippen molar-refractivity contribution in [3.8, 4) is 0 Å². The molecule has 1 aliphatic rings. The molecule has 0 aromatic heterocycles. The number of carbonyl (C=O) groups is 2. The molecule has 1 N–H and O–H groups in total. The van der Waals surface area contributed by atoms with Crippen molar-refractivity contribution in [3.05, 3.63) is 65.7 Å². The maximum atomic E-state index is 13.5. The van der Waals surface area contributed by atoms with Gasteiger partial charge < -0.3 is 10.2 Å². The lowest BCUT2D eigenvalue weighted by Crippen LogP contribution is -2.52. The van der Waals surface area contributed by atoms with E-state index in [2.05, 4.69) is 12.2 Å². The van der Waals surface area contributed by atoms with Crippen molar-refractivity contribution in [1.82, 2.24) is 10.2 Å². The highest BCUT2D eigenvalue weighted by Gasteiger charge is 2.30. The predicted octanol–water partition coefficient (Wildman–Crippen LogP) is 4.70. The first kappa shape index (κ1) is 29.7. The first-order chi connectivity index (χ1) is 18.2. The average molecular weight is 542 g/mol. The SMILES string of the molecule is CCc1ccc(N(CCCC(=O)N(CCc2ccccc2)[C@@H](CC)C(=O)NC2CCCC2)S(C)(=O)=O)cc1. The number of nitrogens with one attached hydrogen (secondary N) is 1. The van der Waals surface area contributed by atoms with Crippen LogP contribution < -0.4 is 9.62 Å². The molecule has 2 aromatic rings. The Bertz CT molecular complexity index is 1130. The number of aryl methyl sites for hydroxylation is 1. The van der Waals surface area contributed by atoms with Crippen LogP contribution >= 0.6 is 0 Å². The molecule has 8 heteroatoms. The fraction of sp³-hybridized carbons (Fsp3) is 0.533. The molecule has 2 aromatic carbocycles. The van der Waals surface area contributed by atoms with E-state index in [1.807, 2.05) is 61.5 Å². The molecule has 0 heterocycles. The van der Waals surface area contributed by atoms with Crippen molar-refractivity contribution in [1.29, 1.82) is 0 Å². The fourth-order valence-corrected chi connectivity index (χ4v) is 6.13. The average Bonchev–Trinajstić information content (AvgIpc) is 3.42. The summed E-state index contributed by atoms with van der Waals surface area (Å²) < 4.78 is 26.4. The number of amides is 2. The van der Waals surface area contributed by atoms with Crippen LogP contribution in [0.1, 0.15) is 69.9 Å². The van der Waals surface area contributed by atoms with Gasteiger partial charge in [-0.25, -0.2) is 8.42 Å². The minimum absolute atomic E-state index is 0.0883. The maximum absolute atomic E-state index is 13.5. The molecule has 0 radical (unpaired) electrons. The first-order valence-corrected chi connectivity index (χ1v) is 15.8. The topological polar surface area (TPSA) is 86.8 Å². The van der Waals surface area contributed by atoms with Gasteiger partial charge in [0.05, 0.1) is 11.9 Å². The van der Waals surface area contributed by atoms with Crippen molar-refractivity contribution < 1.29 is 18.0 Å². The van der Waals surface area contributed by atoms with Crippen molar-refractivity contribution >= 4 is 27.5 Å². The van der Waals surface area contributed by atoms with E-state index in [0.29, 0.717) is 31.5 Å². The Morgan fingerprint density at radius 2 is 1.61 bits per heavy atom. The van der Waals surface area contributed by atoms with E-state index in [4.69, 9.17) is 0 Å². The fourth-order valence-electron chi connectivity index (χ4n) is 5.17. The molecular formula is C30H43N3O4S. The standard InChI is InChI=1S/C30H43N3O4S/c1-4-24-17-19-27(20-18-24)33(38(3,36)37)22-11-16-29(34)32(23-21-25-12-7-6-8-13-25)28(5-2)30(35)31-26-14-9-10-15-26/h6-8,12-13,17-20,26,28H,4-5,9-11,14-16,21-23H2,1-3H3,(H,31,35)/t28-/m0/s1. The number of hydrogen-bond donors (Lipinski definition) is 1. The summed E-state index contributed by atoms with van der Waals surface area (Å²) in [7, 11) is -3.51. The molecule has 1 saturated carbocycles. The van der Waals surface area contributed by atoms with Gasteiger partial charge >= 0.3 is 0 Å². The van der Waals surface area contributed by atoms with Crippen LogP contribution in [0.2, 0.25) is 0 Å². The highest BCUT2D eigenvalue weighted by atomic mass is 32.2. The predicted molar refractivity (Wildman–Crippen MR) is 154 cm³/mol. The Labute approximate surface area is 228 Å². The summed E-state index contributed by atoms with van der Waals surface area (Å²) in [5, 5.41) is 3.17. The van der Waals surface area contributed by atoms with E-state index >= 15 is 0 Å². The Morgan fingerprint density at radius 3 is 2.18 bits per heavy atom. The van der Waals surface area contributed by atoms with Gasteiger partial charge in [0.2, 0.25) is 21.8 Å². The molecule has 0 unspecified atom stereocenters. The van der Waals surface area contributed by atoms with Crippen LogP contribution in [-0.2, 0) is 32.5 Å². The van der Waals surface area contributed by atoms with Crippen LogP contribution in [0, 0.1) is 0 Å². The zero-order valence-corrected chi connectivity index (χ0v) is 23.9. The van der Waals surface area contributed by atoms with Gasteiger partial charge in [-0.15, -0.1) is 0 Å². The number of anilines is 1. The summed E-state index contributed by atoms with van der Waals surface area (Å²) in [5.74, 6) is -0.210. The number of rotatable bonds is 14. The normalized spacial score (nSPS) is 14.7. The summed E-state index contributed by atoms with van der Waals surface area (Å²) in [6.45, 7) is 4.63. The van der Waals surface area contributed by atoms with Gasteiger partial charge in [0, 0.05) is 25.6 Å². The third-order valence-electron chi connectivity index (χ3n) is 7.36. The van der Waals surface area contributed by atoms with Crippen molar-refractivity contribution in [2.24, 2.45) is 0 Å². The molecule has 1 atom stereocenters. The van der Waals surface area contributed by atoms with E-state index in [-0.39, 0.29) is 30.8 Å². The van der Waals surface area contributed by atoms with Gasteiger partial charge in [0.15, 0.2) is 0 Å². The smallest absolute Gasteiger partial charge is 0.243 e. The molecule has 0 aliphatic heterocycles. The van der Waals surface area contributed by atoms with Crippen LogP contribution in [0.4, 0.5) is 5.69 Å². The number of nitrogens with zero attached hydrogens (tertiary/aromatic N) is 2. The summed E-state index contributed by atoms with van der Waals surface area (Å²) >= 11 is 0. The summed E-state index contributed by atoms with van der Waals surface area (Å²) in [4.78, 5) is 28.5. The molecule has 208 valence electrons. The van der Waals surface area contributed by atoms with Gasteiger partial charge in [-0.05, 0) is 61.8 Å². The number of hydrogen-bond acceptors (Lipinski definition) is 4. The van der Waals surface area contributed by atoms with Crippen LogP contribution in [0.25, 0.3) is 0 Å². The van der Waals surface area contributed by atoms with E-state index in [0.717, 1.165) is 43.2 Å². The van der Waals surface area contributed by atoms with E-state index < -0.39 is 16.1 Å². The molecule has 38 heavy (non-hydrogen) atoms. The van der Waals surface area contributed by atoms with Crippen LogP contribution in [-0.4, -0.2) is 56.6 Å². The Balaban J connectivity index is 1.70. The Kier molecular flexibility index (Phi) is 11.2. The Hall–Kier alpha value is -2.87. The third kappa shape index (κ3) is 8.58. The van der Waals surface area contributed by atoms with Crippen LogP contribution in [0.5, 0.6) is 0 Å². The minimum Gasteiger partial charge on any atom is -0.352 e. The van der Waals surface area contributed by atoms with Gasteiger partial charge in [-0.3, -0.25) is 13.9 Å². The highest BCUT2D eigenvalue weighted by Crippen LogP contribution is 2.21. The summed E-state index contributed by atoms with van der Waals surface area (Å²) in [6, 6.07) is 17.1. The molecule has 3 rings (SSSR count).